The number of para-hydroxylation sites is 1. The molecule has 1 aromatic rings. The van der Waals surface area contributed by atoms with E-state index in [9.17, 15) is 4.79 Å². The standard InChI is InChI=1S/C15H19NO/c17-11-15-14-9-5-4-6-12(14)10-16(15)13-7-2-1-3-8-13/h1-3,7-8,11-12,14-15H,4-6,9-10H2. The fourth-order valence-electron chi connectivity index (χ4n) is 3.59. The van der Waals surface area contributed by atoms with Crippen molar-refractivity contribution >= 4 is 12.0 Å². The average molecular weight is 229 g/mol. The van der Waals surface area contributed by atoms with Gasteiger partial charge in [-0.1, -0.05) is 31.0 Å². The normalized spacial score (nSPS) is 32.2. The number of fused-ring (bicyclic) bond motifs is 1. The topological polar surface area (TPSA) is 20.3 Å². The van der Waals surface area contributed by atoms with E-state index in [0.717, 1.165) is 12.5 Å². The van der Waals surface area contributed by atoms with Crippen LogP contribution in [0, 0.1) is 11.8 Å². The van der Waals surface area contributed by atoms with Crippen molar-refractivity contribution in [3.63, 3.8) is 0 Å². The fourth-order valence-corrected chi connectivity index (χ4v) is 3.59. The van der Waals surface area contributed by atoms with Crippen molar-refractivity contribution in [2.24, 2.45) is 11.8 Å². The van der Waals surface area contributed by atoms with Crippen molar-refractivity contribution in [1.29, 1.82) is 0 Å². The first-order valence-electron chi connectivity index (χ1n) is 6.67. The van der Waals surface area contributed by atoms with Gasteiger partial charge in [-0.3, -0.25) is 0 Å². The maximum absolute atomic E-state index is 11.4. The lowest BCUT2D eigenvalue weighted by atomic mass is 9.79. The van der Waals surface area contributed by atoms with Crippen molar-refractivity contribution in [3.05, 3.63) is 30.3 Å². The number of aldehydes is 1. The Morgan fingerprint density at radius 3 is 2.65 bits per heavy atom. The number of hydrogen-bond acceptors (Lipinski definition) is 2. The van der Waals surface area contributed by atoms with Crippen molar-refractivity contribution in [1.82, 2.24) is 0 Å². The number of nitrogens with zero attached hydrogens (tertiary/aromatic N) is 1. The summed E-state index contributed by atoms with van der Waals surface area (Å²) in [5.41, 5.74) is 1.21. The van der Waals surface area contributed by atoms with Crippen molar-refractivity contribution in [2.45, 2.75) is 31.7 Å². The average Bonchev–Trinajstić information content (AvgIpc) is 2.78. The first-order valence-corrected chi connectivity index (χ1v) is 6.67. The molecular weight excluding hydrogens is 210 g/mol. The number of rotatable bonds is 2. The highest BCUT2D eigenvalue weighted by atomic mass is 16.1. The zero-order chi connectivity index (χ0) is 11.7. The maximum Gasteiger partial charge on any atom is 0.142 e. The lowest BCUT2D eigenvalue weighted by Crippen LogP contribution is -2.34. The first kappa shape index (κ1) is 10.8. The van der Waals surface area contributed by atoms with Gasteiger partial charge in [-0.2, -0.15) is 0 Å². The Balaban J connectivity index is 1.88. The molecule has 17 heavy (non-hydrogen) atoms. The van der Waals surface area contributed by atoms with E-state index in [0.29, 0.717) is 5.92 Å². The van der Waals surface area contributed by atoms with Gasteiger partial charge in [-0.05, 0) is 36.8 Å². The molecular formula is C15H19NO. The van der Waals surface area contributed by atoms with Gasteiger partial charge in [0.2, 0.25) is 0 Å². The van der Waals surface area contributed by atoms with Crippen LogP contribution in [0.5, 0.6) is 0 Å². The molecule has 2 aliphatic rings. The van der Waals surface area contributed by atoms with Crippen molar-refractivity contribution in [2.75, 3.05) is 11.4 Å². The summed E-state index contributed by atoms with van der Waals surface area (Å²) in [5.74, 6) is 1.33. The van der Waals surface area contributed by atoms with Gasteiger partial charge >= 0.3 is 0 Å². The molecule has 0 radical (unpaired) electrons. The summed E-state index contributed by atoms with van der Waals surface area (Å²) in [6.07, 6.45) is 6.35. The third-order valence-electron chi connectivity index (χ3n) is 4.42. The third kappa shape index (κ3) is 1.86. The molecule has 0 amide bonds. The molecule has 0 spiro atoms. The zero-order valence-electron chi connectivity index (χ0n) is 10.1. The van der Waals surface area contributed by atoms with E-state index in [1.165, 1.54) is 37.7 Å². The first-order chi connectivity index (χ1) is 8.40. The molecule has 1 heterocycles. The van der Waals surface area contributed by atoms with Gasteiger partial charge in [-0.15, -0.1) is 0 Å². The van der Waals surface area contributed by atoms with E-state index < -0.39 is 0 Å². The highest BCUT2D eigenvalue weighted by Crippen LogP contribution is 2.41. The third-order valence-corrected chi connectivity index (χ3v) is 4.42. The smallest absolute Gasteiger partial charge is 0.142 e. The van der Waals surface area contributed by atoms with Gasteiger partial charge in [0.1, 0.15) is 6.29 Å². The van der Waals surface area contributed by atoms with E-state index >= 15 is 0 Å². The molecule has 1 aliphatic carbocycles. The van der Waals surface area contributed by atoms with Crippen LogP contribution in [0.1, 0.15) is 25.7 Å². The lowest BCUT2D eigenvalue weighted by molar-refractivity contribution is -0.109. The van der Waals surface area contributed by atoms with Gasteiger partial charge in [0.15, 0.2) is 0 Å². The van der Waals surface area contributed by atoms with Gasteiger partial charge in [0.05, 0.1) is 6.04 Å². The predicted molar refractivity (Wildman–Crippen MR) is 69.1 cm³/mol. The SMILES string of the molecule is O=CC1C2CCCCC2CN1c1ccccc1. The van der Waals surface area contributed by atoms with Crippen molar-refractivity contribution in [3.8, 4) is 0 Å². The summed E-state index contributed by atoms with van der Waals surface area (Å²) in [4.78, 5) is 13.7. The quantitative estimate of drug-likeness (QED) is 0.727. The number of carbonyl (C=O) groups excluding carboxylic acids is 1. The van der Waals surface area contributed by atoms with Gasteiger partial charge in [0, 0.05) is 12.2 Å². The van der Waals surface area contributed by atoms with Crippen LogP contribution < -0.4 is 4.90 Å². The summed E-state index contributed by atoms with van der Waals surface area (Å²) in [5, 5.41) is 0. The minimum absolute atomic E-state index is 0.114. The summed E-state index contributed by atoms with van der Waals surface area (Å²) in [6.45, 7) is 1.07. The molecule has 2 heteroatoms. The molecule has 0 bridgehead atoms. The molecule has 90 valence electrons. The monoisotopic (exact) mass is 229 g/mol. The molecule has 1 aliphatic heterocycles. The fraction of sp³-hybridized carbons (Fsp3) is 0.533. The zero-order valence-corrected chi connectivity index (χ0v) is 10.1. The molecule has 3 atom stereocenters. The Morgan fingerprint density at radius 2 is 1.88 bits per heavy atom. The molecule has 0 N–H and O–H groups in total. The van der Waals surface area contributed by atoms with Crippen LogP contribution in [0.2, 0.25) is 0 Å². The van der Waals surface area contributed by atoms with Crippen LogP contribution in [-0.4, -0.2) is 18.9 Å². The van der Waals surface area contributed by atoms with Gasteiger partial charge in [0.25, 0.3) is 0 Å². The van der Waals surface area contributed by atoms with Crippen LogP contribution in [-0.2, 0) is 4.79 Å². The van der Waals surface area contributed by atoms with Crippen LogP contribution in [0.15, 0.2) is 30.3 Å². The molecule has 3 rings (SSSR count). The van der Waals surface area contributed by atoms with E-state index in [-0.39, 0.29) is 6.04 Å². The molecule has 0 aromatic heterocycles. The lowest BCUT2D eigenvalue weighted by Gasteiger charge is -2.27. The summed E-state index contributed by atoms with van der Waals surface area (Å²) in [7, 11) is 0. The number of hydrogen-bond donors (Lipinski definition) is 0. The minimum atomic E-state index is 0.114. The van der Waals surface area contributed by atoms with Crippen molar-refractivity contribution < 1.29 is 4.79 Å². The number of carbonyl (C=O) groups is 1. The summed E-state index contributed by atoms with van der Waals surface area (Å²) >= 11 is 0. The Morgan fingerprint density at radius 1 is 1.12 bits per heavy atom. The molecule has 1 aromatic carbocycles. The molecule has 3 unspecified atom stereocenters. The van der Waals surface area contributed by atoms with E-state index in [1.807, 2.05) is 6.07 Å². The van der Waals surface area contributed by atoms with E-state index in [2.05, 4.69) is 29.2 Å². The second-order valence-corrected chi connectivity index (χ2v) is 5.32. The van der Waals surface area contributed by atoms with Crippen LogP contribution in [0.3, 0.4) is 0 Å². The molecule has 1 saturated carbocycles. The number of benzene rings is 1. The Hall–Kier alpha value is -1.31. The Kier molecular flexibility index (Phi) is 2.87. The van der Waals surface area contributed by atoms with Crippen LogP contribution in [0.25, 0.3) is 0 Å². The summed E-state index contributed by atoms with van der Waals surface area (Å²) in [6, 6.07) is 10.5. The van der Waals surface area contributed by atoms with Crippen LogP contribution >= 0.6 is 0 Å². The second kappa shape index (κ2) is 4.52. The van der Waals surface area contributed by atoms with E-state index in [1.54, 1.807) is 0 Å². The maximum atomic E-state index is 11.4. The van der Waals surface area contributed by atoms with Gasteiger partial charge < -0.3 is 9.69 Å². The van der Waals surface area contributed by atoms with Gasteiger partial charge in [-0.25, -0.2) is 0 Å². The largest absolute Gasteiger partial charge is 0.361 e. The summed E-state index contributed by atoms with van der Waals surface area (Å²) < 4.78 is 0. The highest BCUT2D eigenvalue weighted by molar-refractivity contribution is 5.68. The number of anilines is 1. The molecule has 1 saturated heterocycles. The Labute approximate surface area is 103 Å². The minimum Gasteiger partial charge on any atom is -0.361 e. The molecule has 2 fully saturated rings. The highest BCUT2D eigenvalue weighted by Gasteiger charge is 2.42. The van der Waals surface area contributed by atoms with E-state index in [4.69, 9.17) is 0 Å². The predicted octanol–water partition coefficient (Wildman–Crippen LogP) is 2.88. The molecule has 2 nitrogen and oxygen atoms in total. The Bertz CT molecular complexity index is 389. The van der Waals surface area contributed by atoms with Crippen LogP contribution in [0.4, 0.5) is 5.69 Å². The second-order valence-electron chi connectivity index (χ2n) is 5.32.